The van der Waals surface area contributed by atoms with Crippen LogP contribution in [0.2, 0.25) is 15.1 Å². The summed E-state index contributed by atoms with van der Waals surface area (Å²) in [5, 5.41) is 4.20. The van der Waals surface area contributed by atoms with Crippen LogP contribution in [0.3, 0.4) is 0 Å². The lowest BCUT2D eigenvalue weighted by Crippen LogP contribution is -2.27. The number of halogens is 3. The lowest BCUT2D eigenvalue weighted by molar-refractivity contribution is 0.0940. The summed E-state index contributed by atoms with van der Waals surface area (Å²) in [6.07, 6.45) is 2.94. The van der Waals surface area contributed by atoms with Gasteiger partial charge in [0.15, 0.2) is 0 Å². The molecule has 1 aromatic heterocycles. The molecule has 0 aliphatic rings. The minimum atomic E-state index is -0.282. The van der Waals surface area contributed by atoms with Gasteiger partial charge in [-0.25, -0.2) is 0 Å². The number of aromatic nitrogens is 1. The van der Waals surface area contributed by atoms with E-state index in [-0.39, 0.29) is 11.9 Å². The van der Waals surface area contributed by atoms with Crippen LogP contribution in [-0.2, 0) is 0 Å². The molecule has 1 heterocycles. The Bertz CT molecular complexity index is 646. The molecule has 1 aromatic carbocycles. The molecule has 20 heavy (non-hydrogen) atoms. The summed E-state index contributed by atoms with van der Waals surface area (Å²) in [5.74, 6) is -0.282. The average Bonchev–Trinajstić information content (AvgIpc) is 2.38. The van der Waals surface area contributed by atoms with Crippen LogP contribution in [0.15, 0.2) is 36.7 Å². The number of hydrogen-bond donors (Lipinski definition) is 1. The number of amides is 1. The Morgan fingerprint density at radius 1 is 1.20 bits per heavy atom. The Morgan fingerprint density at radius 2 is 1.95 bits per heavy atom. The number of carbonyl (C=O) groups excluding carboxylic acids is 1. The van der Waals surface area contributed by atoms with E-state index in [0.717, 1.165) is 5.56 Å². The molecule has 0 saturated carbocycles. The smallest absolute Gasteiger partial charge is 0.253 e. The molecule has 0 radical (unpaired) electrons. The van der Waals surface area contributed by atoms with Crippen molar-refractivity contribution in [3.8, 4) is 0 Å². The number of rotatable bonds is 3. The quantitative estimate of drug-likeness (QED) is 0.898. The van der Waals surface area contributed by atoms with E-state index >= 15 is 0 Å². The predicted molar refractivity (Wildman–Crippen MR) is 81.6 cm³/mol. The van der Waals surface area contributed by atoms with Gasteiger partial charge >= 0.3 is 0 Å². The first-order valence-corrected chi connectivity index (χ1v) is 6.97. The van der Waals surface area contributed by atoms with Crippen LogP contribution >= 0.6 is 34.8 Å². The first-order valence-electron chi connectivity index (χ1n) is 5.84. The molecule has 0 aliphatic heterocycles. The standard InChI is InChI=1S/C14H11Cl3N2O/c1-8(10-3-2-9(15)6-12(10)16)19-14(20)11-4-5-18-7-13(11)17/h2-8H,1H3,(H,19,20). The molecule has 0 fully saturated rings. The van der Waals surface area contributed by atoms with Crippen molar-refractivity contribution >= 4 is 40.7 Å². The van der Waals surface area contributed by atoms with Gasteiger partial charge in [-0.3, -0.25) is 9.78 Å². The van der Waals surface area contributed by atoms with Crippen LogP contribution in [-0.4, -0.2) is 10.9 Å². The maximum atomic E-state index is 12.1. The summed E-state index contributed by atoms with van der Waals surface area (Å²) in [6.45, 7) is 1.84. The summed E-state index contributed by atoms with van der Waals surface area (Å²) < 4.78 is 0. The number of carbonyl (C=O) groups is 1. The van der Waals surface area contributed by atoms with Crippen LogP contribution in [0.25, 0.3) is 0 Å². The van der Waals surface area contributed by atoms with Crippen molar-refractivity contribution in [3.63, 3.8) is 0 Å². The predicted octanol–water partition coefficient (Wildman–Crippen LogP) is 4.53. The van der Waals surface area contributed by atoms with Gasteiger partial charge in [0.2, 0.25) is 0 Å². The Morgan fingerprint density at radius 3 is 2.60 bits per heavy atom. The van der Waals surface area contributed by atoms with Gasteiger partial charge in [-0.15, -0.1) is 0 Å². The number of pyridine rings is 1. The fourth-order valence-corrected chi connectivity index (χ4v) is 2.54. The zero-order chi connectivity index (χ0) is 14.7. The van der Waals surface area contributed by atoms with Gasteiger partial charge in [0.1, 0.15) is 0 Å². The Hall–Kier alpha value is -1.29. The molecular formula is C14H11Cl3N2O. The first-order chi connectivity index (χ1) is 9.49. The van der Waals surface area contributed by atoms with Gasteiger partial charge < -0.3 is 5.32 Å². The average molecular weight is 330 g/mol. The van der Waals surface area contributed by atoms with Crippen molar-refractivity contribution in [1.82, 2.24) is 10.3 Å². The van der Waals surface area contributed by atoms with Crippen LogP contribution in [0.4, 0.5) is 0 Å². The molecule has 0 spiro atoms. The third kappa shape index (κ3) is 3.42. The van der Waals surface area contributed by atoms with E-state index in [2.05, 4.69) is 10.3 Å². The second kappa shape index (κ2) is 6.44. The molecule has 2 rings (SSSR count). The molecule has 3 nitrogen and oxygen atoms in total. The lowest BCUT2D eigenvalue weighted by atomic mass is 10.1. The Balaban J connectivity index is 2.17. The van der Waals surface area contributed by atoms with Gasteiger partial charge in [-0.2, -0.15) is 0 Å². The maximum Gasteiger partial charge on any atom is 0.253 e. The van der Waals surface area contributed by atoms with Gasteiger partial charge in [-0.05, 0) is 30.7 Å². The SMILES string of the molecule is CC(NC(=O)c1ccncc1Cl)c1ccc(Cl)cc1Cl. The fraction of sp³-hybridized carbons (Fsp3) is 0.143. The largest absolute Gasteiger partial charge is 0.345 e. The number of hydrogen-bond acceptors (Lipinski definition) is 2. The number of nitrogens with zero attached hydrogens (tertiary/aromatic N) is 1. The summed E-state index contributed by atoms with van der Waals surface area (Å²) >= 11 is 17.9. The second-order valence-electron chi connectivity index (χ2n) is 4.22. The summed E-state index contributed by atoms with van der Waals surface area (Å²) in [4.78, 5) is 16.0. The third-order valence-electron chi connectivity index (χ3n) is 2.79. The highest BCUT2D eigenvalue weighted by atomic mass is 35.5. The third-order valence-corrected chi connectivity index (χ3v) is 3.66. The minimum absolute atomic E-state index is 0.267. The zero-order valence-electron chi connectivity index (χ0n) is 10.5. The highest BCUT2D eigenvalue weighted by molar-refractivity contribution is 6.35. The maximum absolute atomic E-state index is 12.1. The molecule has 1 amide bonds. The van der Waals surface area contributed by atoms with Crippen LogP contribution < -0.4 is 5.32 Å². The lowest BCUT2D eigenvalue weighted by Gasteiger charge is -2.16. The molecule has 1 N–H and O–H groups in total. The Kier molecular flexibility index (Phi) is 4.86. The summed E-state index contributed by atoms with van der Waals surface area (Å²) in [7, 11) is 0. The molecule has 0 aliphatic carbocycles. The second-order valence-corrected chi connectivity index (χ2v) is 5.47. The highest BCUT2D eigenvalue weighted by Gasteiger charge is 2.16. The van der Waals surface area contributed by atoms with E-state index in [1.807, 2.05) is 6.92 Å². The van der Waals surface area contributed by atoms with E-state index in [4.69, 9.17) is 34.8 Å². The summed E-state index contributed by atoms with van der Waals surface area (Å²) in [5.41, 5.74) is 1.16. The molecule has 0 saturated heterocycles. The molecule has 2 aromatic rings. The zero-order valence-corrected chi connectivity index (χ0v) is 12.8. The van der Waals surface area contributed by atoms with Crippen molar-refractivity contribution < 1.29 is 4.79 Å². The van der Waals surface area contributed by atoms with E-state index in [9.17, 15) is 4.79 Å². The minimum Gasteiger partial charge on any atom is -0.345 e. The monoisotopic (exact) mass is 328 g/mol. The van der Waals surface area contributed by atoms with E-state index in [0.29, 0.717) is 20.6 Å². The Labute approximate surface area is 131 Å². The van der Waals surface area contributed by atoms with E-state index in [1.54, 1.807) is 24.3 Å². The number of benzene rings is 1. The fourth-order valence-electron chi connectivity index (χ4n) is 1.76. The van der Waals surface area contributed by atoms with Gasteiger partial charge in [0.25, 0.3) is 5.91 Å². The van der Waals surface area contributed by atoms with Gasteiger partial charge in [0, 0.05) is 22.4 Å². The van der Waals surface area contributed by atoms with Crippen molar-refractivity contribution in [2.75, 3.05) is 0 Å². The van der Waals surface area contributed by atoms with Crippen LogP contribution in [0.5, 0.6) is 0 Å². The van der Waals surface area contributed by atoms with Crippen molar-refractivity contribution in [1.29, 1.82) is 0 Å². The van der Waals surface area contributed by atoms with Gasteiger partial charge in [-0.1, -0.05) is 40.9 Å². The van der Waals surface area contributed by atoms with Crippen molar-refractivity contribution in [3.05, 3.63) is 62.9 Å². The molecule has 1 unspecified atom stereocenters. The van der Waals surface area contributed by atoms with E-state index in [1.165, 1.54) is 12.4 Å². The van der Waals surface area contributed by atoms with Crippen LogP contribution in [0, 0.1) is 0 Å². The van der Waals surface area contributed by atoms with Crippen molar-refractivity contribution in [2.45, 2.75) is 13.0 Å². The first kappa shape index (κ1) is 15.1. The topological polar surface area (TPSA) is 42.0 Å². The molecule has 104 valence electrons. The van der Waals surface area contributed by atoms with Gasteiger partial charge in [0.05, 0.1) is 16.6 Å². The molecule has 6 heteroatoms. The molecular weight excluding hydrogens is 319 g/mol. The number of nitrogens with one attached hydrogen (secondary N) is 1. The van der Waals surface area contributed by atoms with E-state index < -0.39 is 0 Å². The van der Waals surface area contributed by atoms with Crippen LogP contribution in [0.1, 0.15) is 28.9 Å². The highest BCUT2D eigenvalue weighted by Crippen LogP contribution is 2.26. The summed E-state index contributed by atoms with van der Waals surface area (Å²) in [6, 6.07) is 6.44. The van der Waals surface area contributed by atoms with Crippen molar-refractivity contribution in [2.24, 2.45) is 0 Å². The molecule has 1 atom stereocenters. The molecule has 0 bridgehead atoms. The normalized spacial score (nSPS) is 12.0.